The van der Waals surface area contributed by atoms with Gasteiger partial charge in [0.15, 0.2) is 0 Å². The number of likely N-dealkylation sites (N-methyl/N-ethyl adjacent to an activating group) is 1. The first kappa shape index (κ1) is 7.76. The zero-order valence-electron chi connectivity index (χ0n) is 6.77. The van der Waals surface area contributed by atoms with E-state index >= 15 is 0 Å². The number of ether oxygens (including phenoxy) is 1. The van der Waals surface area contributed by atoms with E-state index in [1.54, 1.807) is 0 Å². The van der Waals surface area contributed by atoms with E-state index in [1.807, 2.05) is 24.5 Å². The third-order valence-electron chi connectivity index (χ3n) is 2.61. The highest BCUT2D eigenvalue weighted by Gasteiger charge is 2.48. The number of nitrogens with two attached hydrogens (primary N) is 1. The van der Waals surface area contributed by atoms with Gasteiger partial charge in [-0.2, -0.15) is 0 Å². The summed E-state index contributed by atoms with van der Waals surface area (Å²) in [6.45, 7) is 0. The molecular formula is C8H11NO3. The van der Waals surface area contributed by atoms with Crippen LogP contribution in [0.25, 0.3) is 0 Å². The summed E-state index contributed by atoms with van der Waals surface area (Å²) < 4.78 is 5.39. The Hall–Kier alpha value is -0.870. The minimum atomic E-state index is -1.00. The van der Waals surface area contributed by atoms with Gasteiger partial charge < -0.3 is 20.0 Å². The quantitative estimate of drug-likeness (QED) is 0.456. The Kier molecular flexibility index (Phi) is 1.66. The van der Waals surface area contributed by atoms with Crippen LogP contribution in [0.5, 0.6) is 0 Å². The van der Waals surface area contributed by atoms with Gasteiger partial charge in [-0.3, -0.25) is 0 Å². The van der Waals surface area contributed by atoms with E-state index in [9.17, 15) is 9.90 Å². The van der Waals surface area contributed by atoms with Crippen molar-refractivity contribution in [3.8, 4) is 0 Å². The van der Waals surface area contributed by atoms with Crippen molar-refractivity contribution < 1.29 is 20.0 Å². The lowest BCUT2D eigenvalue weighted by molar-refractivity contribution is -0.669. The third-order valence-corrected chi connectivity index (χ3v) is 2.61. The van der Waals surface area contributed by atoms with Gasteiger partial charge in [0, 0.05) is 0 Å². The minimum Gasteiger partial charge on any atom is -0.549 e. The normalized spacial score (nSPS) is 43.8. The van der Waals surface area contributed by atoms with Crippen LogP contribution in [0, 0.1) is 5.92 Å². The van der Waals surface area contributed by atoms with Crippen LogP contribution in [0.15, 0.2) is 12.2 Å². The fourth-order valence-corrected chi connectivity index (χ4v) is 2.03. The highest BCUT2D eigenvalue weighted by molar-refractivity contribution is 5.71. The van der Waals surface area contributed by atoms with E-state index in [0.29, 0.717) is 0 Å². The van der Waals surface area contributed by atoms with Crippen LogP contribution in [-0.2, 0) is 9.53 Å². The van der Waals surface area contributed by atoms with Crippen LogP contribution < -0.4 is 10.4 Å². The molecule has 0 saturated carbocycles. The molecule has 2 aliphatic rings. The average Bonchev–Trinajstić information content (AvgIpc) is 2.60. The molecule has 1 fully saturated rings. The zero-order chi connectivity index (χ0) is 8.72. The summed E-state index contributed by atoms with van der Waals surface area (Å²) in [6.07, 6.45) is 3.43. The van der Waals surface area contributed by atoms with Crippen LogP contribution >= 0.6 is 0 Å². The Morgan fingerprint density at radius 2 is 2.17 bits per heavy atom. The molecule has 0 unspecified atom stereocenters. The monoisotopic (exact) mass is 169 g/mol. The standard InChI is InChI=1S/C8H11NO3/c1-9-7-5-3-2-4(12-5)6(7)8(10)11/h2-7,9H,1H3,(H,10,11)/t4-,5+,6+,7+/m0/s1. The van der Waals surface area contributed by atoms with E-state index in [2.05, 4.69) is 0 Å². The lowest BCUT2D eigenvalue weighted by Gasteiger charge is -2.22. The molecule has 66 valence electrons. The number of fused-ring (bicyclic) bond motifs is 2. The van der Waals surface area contributed by atoms with Crippen molar-refractivity contribution in [3.05, 3.63) is 12.2 Å². The first-order chi connectivity index (χ1) is 5.74. The van der Waals surface area contributed by atoms with Gasteiger partial charge in [0.1, 0.15) is 12.1 Å². The Morgan fingerprint density at radius 1 is 1.50 bits per heavy atom. The largest absolute Gasteiger partial charge is 0.549 e. The van der Waals surface area contributed by atoms with E-state index in [0.717, 1.165) is 0 Å². The first-order valence-corrected chi connectivity index (χ1v) is 4.08. The van der Waals surface area contributed by atoms with Gasteiger partial charge in [0.05, 0.1) is 25.0 Å². The highest BCUT2D eigenvalue weighted by atomic mass is 16.5. The summed E-state index contributed by atoms with van der Waals surface area (Å²) in [6, 6.07) is -0.00926. The molecule has 4 atom stereocenters. The number of carbonyl (C=O) groups excluding carboxylic acids is 1. The van der Waals surface area contributed by atoms with Crippen LogP contribution in [-0.4, -0.2) is 31.3 Å². The van der Waals surface area contributed by atoms with Crippen LogP contribution in [0.2, 0.25) is 0 Å². The number of rotatable bonds is 2. The minimum absolute atomic E-state index is 0.00926. The van der Waals surface area contributed by atoms with E-state index < -0.39 is 11.9 Å². The lowest BCUT2D eigenvalue weighted by Crippen LogP contribution is -2.90. The molecule has 2 bridgehead atoms. The predicted octanol–water partition coefficient (Wildman–Crippen LogP) is -2.75. The van der Waals surface area contributed by atoms with Crippen molar-refractivity contribution in [1.29, 1.82) is 0 Å². The molecule has 2 heterocycles. The average molecular weight is 169 g/mol. The van der Waals surface area contributed by atoms with Crippen LogP contribution in [0.4, 0.5) is 0 Å². The molecule has 2 rings (SSSR count). The molecule has 4 nitrogen and oxygen atoms in total. The molecular weight excluding hydrogens is 158 g/mol. The second kappa shape index (κ2) is 2.57. The Morgan fingerprint density at radius 3 is 2.67 bits per heavy atom. The number of quaternary nitrogens is 1. The van der Waals surface area contributed by atoms with Crippen molar-refractivity contribution in [2.45, 2.75) is 18.2 Å². The summed E-state index contributed by atoms with van der Waals surface area (Å²) in [5.41, 5.74) is 0. The number of hydrogen-bond acceptors (Lipinski definition) is 3. The van der Waals surface area contributed by atoms with Gasteiger partial charge >= 0.3 is 0 Å². The molecule has 12 heavy (non-hydrogen) atoms. The fraction of sp³-hybridized carbons (Fsp3) is 0.625. The molecule has 4 heteroatoms. The smallest absolute Gasteiger partial charge is 0.129 e. The predicted molar refractivity (Wildman–Crippen MR) is 37.9 cm³/mol. The van der Waals surface area contributed by atoms with Crippen LogP contribution in [0.3, 0.4) is 0 Å². The first-order valence-electron chi connectivity index (χ1n) is 4.08. The maximum absolute atomic E-state index is 10.7. The lowest BCUT2D eigenvalue weighted by atomic mass is 9.89. The number of carbonyl (C=O) groups is 1. The summed E-state index contributed by atoms with van der Waals surface area (Å²) in [5, 5.41) is 12.6. The van der Waals surface area contributed by atoms with Gasteiger partial charge in [0.2, 0.25) is 0 Å². The van der Waals surface area contributed by atoms with Crippen molar-refractivity contribution in [1.82, 2.24) is 0 Å². The molecule has 0 radical (unpaired) electrons. The highest BCUT2D eigenvalue weighted by Crippen LogP contribution is 2.31. The van der Waals surface area contributed by atoms with Gasteiger partial charge in [-0.05, 0) is 0 Å². The van der Waals surface area contributed by atoms with E-state index in [4.69, 9.17) is 4.74 Å². The summed E-state index contributed by atoms with van der Waals surface area (Å²) in [7, 11) is 1.86. The molecule has 0 spiro atoms. The number of carboxylic acid groups (broad SMARTS) is 1. The molecule has 0 aliphatic carbocycles. The van der Waals surface area contributed by atoms with Gasteiger partial charge in [-0.25, -0.2) is 0 Å². The van der Waals surface area contributed by atoms with Crippen molar-refractivity contribution in [2.75, 3.05) is 7.05 Å². The van der Waals surface area contributed by atoms with Gasteiger partial charge in [-0.1, -0.05) is 12.2 Å². The zero-order valence-corrected chi connectivity index (χ0v) is 6.77. The van der Waals surface area contributed by atoms with Gasteiger partial charge in [0.25, 0.3) is 0 Å². The molecule has 0 aromatic rings. The van der Waals surface area contributed by atoms with Gasteiger partial charge in [-0.15, -0.1) is 0 Å². The fourth-order valence-electron chi connectivity index (χ4n) is 2.03. The maximum atomic E-state index is 10.7. The molecule has 0 aromatic carbocycles. The summed E-state index contributed by atoms with van der Waals surface area (Å²) >= 11 is 0. The number of hydrogen-bond donors (Lipinski definition) is 1. The summed E-state index contributed by atoms with van der Waals surface area (Å²) in [4.78, 5) is 10.7. The number of carboxylic acids is 1. The molecule has 1 saturated heterocycles. The van der Waals surface area contributed by atoms with E-state index in [-0.39, 0.29) is 18.2 Å². The Balaban J connectivity index is 2.23. The van der Waals surface area contributed by atoms with Crippen molar-refractivity contribution >= 4 is 5.97 Å². The molecule has 2 N–H and O–H groups in total. The molecule has 0 aromatic heterocycles. The Labute approximate surface area is 70.2 Å². The van der Waals surface area contributed by atoms with E-state index in [1.165, 1.54) is 0 Å². The second-order valence-corrected chi connectivity index (χ2v) is 3.21. The summed E-state index contributed by atoms with van der Waals surface area (Å²) in [5.74, 6) is -1.49. The molecule has 2 aliphatic heterocycles. The maximum Gasteiger partial charge on any atom is 0.129 e. The number of aliphatic carboxylic acids is 1. The Bertz CT molecular complexity index is 238. The SMILES string of the molecule is C[NH2+][C@H]1[C@H](C(=O)[O-])[C@@H]2C=C[C@H]1O2. The topological polar surface area (TPSA) is 66.0 Å². The van der Waals surface area contributed by atoms with Crippen molar-refractivity contribution in [3.63, 3.8) is 0 Å². The second-order valence-electron chi connectivity index (χ2n) is 3.21. The van der Waals surface area contributed by atoms with Crippen molar-refractivity contribution in [2.24, 2.45) is 5.92 Å². The third kappa shape index (κ3) is 0.884. The van der Waals surface area contributed by atoms with Crippen LogP contribution in [0.1, 0.15) is 0 Å². The molecule has 0 amide bonds.